The molecule has 2 aliphatic rings. The molecule has 3 rings (SSSR count). The number of esters is 1. The summed E-state index contributed by atoms with van der Waals surface area (Å²) < 4.78 is 3.52. The number of amides is 2. The van der Waals surface area contributed by atoms with E-state index in [9.17, 15) is 24.3 Å². The summed E-state index contributed by atoms with van der Waals surface area (Å²) in [7, 11) is 0. The Balaban J connectivity index is 1.76. The number of ether oxygens (including phenoxy) is 1. The van der Waals surface area contributed by atoms with Crippen molar-refractivity contribution in [2.45, 2.75) is 23.2 Å². The highest BCUT2D eigenvalue weighted by Crippen LogP contribution is 2.49. The Bertz CT molecular complexity index is 874. The van der Waals surface area contributed by atoms with Crippen molar-refractivity contribution in [3.63, 3.8) is 0 Å². The number of halogens is 1. The molecular formula is C18H17BrN2O6S. The molecule has 2 aliphatic heterocycles. The van der Waals surface area contributed by atoms with Gasteiger partial charge in [0.15, 0.2) is 0 Å². The Morgan fingerprint density at radius 1 is 1.36 bits per heavy atom. The van der Waals surface area contributed by atoms with Gasteiger partial charge in [0.1, 0.15) is 17.7 Å². The Kier molecular flexibility index (Phi) is 5.80. The van der Waals surface area contributed by atoms with Crippen molar-refractivity contribution in [3.8, 4) is 0 Å². The molecule has 2 atom stereocenters. The van der Waals surface area contributed by atoms with Crippen LogP contribution in [0.5, 0.6) is 0 Å². The quantitative estimate of drug-likeness (QED) is 0.279. The average molecular weight is 469 g/mol. The number of thioether (sulfide) groups is 1. The zero-order valence-corrected chi connectivity index (χ0v) is 17.2. The average Bonchev–Trinajstić information content (AvgIpc) is 2.65. The fourth-order valence-corrected chi connectivity index (χ4v) is 5.35. The number of nitrogens with zero attached hydrogens (tertiary/aromatic N) is 1. The van der Waals surface area contributed by atoms with Gasteiger partial charge in [0.25, 0.3) is 5.91 Å². The fourth-order valence-electron chi connectivity index (χ4n) is 3.02. The summed E-state index contributed by atoms with van der Waals surface area (Å²) in [6.45, 7) is 1.02. The maximum absolute atomic E-state index is 12.7. The second kappa shape index (κ2) is 7.96. The maximum atomic E-state index is 12.7. The number of β-lactam (4-membered cyclic amide) rings is 1. The van der Waals surface area contributed by atoms with Crippen LogP contribution in [0, 0.1) is 0 Å². The van der Waals surface area contributed by atoms with Gasteiger partial charge in [0.2, 0.25) is 10.4 Å². The number of rotatable bonds is 6. The third-order valence-corrected chi connectivity index (χ3v) is 6.95. The predicted molar refractivity (Wildman–Crippen MR) is 104 cm³/mol. The summed E-state index contributed by atoms with van der Waals surface area (Å²) in [5, 5.41) is 11.6. The van der Waals surface area contributed by atoms with E-state index in [1.54, 1.807) is 12.1 Å². The van der Waals surface area contributed by atoms with Gasteiger partial charge in [-0.25, -0.2) is 4.79 Å². The number of carboxylic acid groups (broad SMARTS) is 1. The van der Waals surface area contributed by atoms with Gasteiger partial charge < -0.3 is 15.2 Å². The molecule has 0 bridgehead atoms. The van der Waals surface area contributed by atoms with Crippen LogP contribution < -0.4 is 5.32 Å². The van der Waals surface area contributed by atoms with Crippen LogP contribution in [-0.4, -0.2) is 55.9 Å². The minimum atomic E-state index is -1.38. The molecule has 0 saturated carbocycles. The number of carbonyl (C=O) groups excluding carboxylic acids is 3. The fraction of sp³-hybridized carbons (Fsp3) is 0.333. The number of hydrogen-bond donors (Lipinski definition) is 2. The molecule has 148 valence electrons. The molecule has 28 heavy (non-hydrogen) atoms. The highest BCUT2D eigenvalue weighted by molar-refractivity contribution is 9.10. The number of aliphatic carboxylic acids is 1. The van der Waals surface area contributed by atoms with Crippen LogP contribution in [0.25, 0.3) is 0 Å². The molecule has 2 amide bonds. The number of nitrogens with one attached hydrogen (secondary N) is 1. The summed E-state index contributed by atoms with van der Waals surface area (Å²) in [5.74, 6) is -2.51. The lowest BCUT2D eigenvalue weighted by Gasteiger charge is -2.54. The molecule has 0 radical (unpaired) electrons. The summed E-state index contributed by atoms with van der Waals surface area (Å²) in [5.41, 5.74) is 0.927. The minimum absolute atomic E-state index is 0.0954. The van der Waals surface area contributed by atoms with E-state index in [1.165, 1.54) is 18.7 Å². The smallest absolute Gasteiger partial charge is 0.352 e. The molecule has 10 heteroatoms. The summed E-state index contributed by atoms with van der Waals surface area (Å²) in [6.07, 6.45) is 0.0954. The van der Waals surface area contributed by atoms with E-state index in [0.717, 1.165) is 10.5 Å². The zero-order valence-electron chi connectivity index (χ0n) is 14.8. The lowest BCUT2D eigenvalue weighted by molar-refractivity contribution is -0.152. The number of hydrogen-bond acceptors (Lipinski definition) is 6. The summed E-state index contributed by atoms with van der Waals surface area (Å²) >= 11 is 4.59. The molecule has 0 unspecified atom stereocenters. The molecule has 2 heterocycles. The predicted octanol–water partition coefficient (Wildman–Crippen LogP) is 1.25. The first-order valence-electron chi connectivity index (χ1n) is 8.32. The first-order chi connectivity index (χ1) is 13.2. The van der Waals surface area contributed by atoms with Gasteiger partial charge >= 0.3 is 11.9 Å². The van der Waals surface area contributed by atoms with Gasteiger partial charge in [-0.1, -0.05) is 30.3 Å². The number of benzene rings is 1. The number of alkyl halides is 1. The van der Waals surface area contributed by atoms with E-state index < -0.39 is 27.7 Å². The second-order valence-electron chi connectivity index (χ2n) is 6.30. The highest BCUT2D eigenvalue weighted by Gasteiger charge is 2.64. The first-order valence-corrected chi connectivity index (χ1v) is 10.2. The van der Waals surface area contributed by atoms with Crippen molar-refractivity contribution >= 4 is 51.4 Å². The Labute approximate surface area is 173 Å². The van der Waals surface area contributed by atoms with Crippen molar-refractivity contribution in [1.29, 1.82) is 0 Å². The molecule has 1 saturated heterocycles. The van der Waals surface area contributed by atoms with Crippen LogP contribution in [0.1, 0.15) is 12.5 Å². The van der Waals surface area contributed by atoms with E-state index in [2.05, 4.69) is 21.2 Å². The van der Waals surface area contributed by atoms with Crippen molar-refractivity contribution in [2.24, 2.45) is 0 Å². The molecule has 1 aromatic rings. The van der Waals surface area contributed by atoms with Crippen LogP contribution in [0.4, 0.5) is 0 Å². The first kappa shape index (κ1) is 20.4. The molecule has 0 aromatic heterocycles. The van der Waals surface area contributed by atoms with Crippen molar-refractivity contribution < 1.29 is 29.0 Å². The molecule has 1 fully saturated rings. The van der Waals surface area contributed by atoms with E-state index in [4.69, 9.17) is 4.74 Å². The van der Waals surface area contributed by atoms with Crippen molar-refractivity contribution in [3.05, 3.63) is 47.2 Å². The molecule has 1 aromatic carbocycles. The largest absolute Gasteiger partial charge is 0.477 e. The number of fused-ring (bicyclic) bond motifs is 1. The van der Waals surface area contributed by atoms with Gasteiger partial charge in [-0.3, -0.25) is 19.3 Å². The monoisotopic (exact) mass is 468 g/mol. The molecule has 8 nitrogen and oxygen atoms in total. The summed E-state index contributed by atoms with van der Waals surface area (Å²) in [6, 6.07) is 9.07. The molecule has 0 aliphatic carbocycles. The van der Waals surface area contributed by atoms with Gasteiger partial charge in [0.05, 0.1) is 6.42 Å². The Hall–Kier alpha value is -2.33. The second-order valence-corrected chi connectivity index (χ2v) is 8.62. The minimum Gasteiger partial charge on any atom is -0.477 e. The highest BCUT2D eigenvalue weighted by atomic mass is 79.9. The molecule has 2 N–H and O–H groups in total. The topological polar surface area (TPSA) is 113 Å². The van der Waals surface area contributed by atoms with Gasteiger partial charge in [0, 0.05) is 18.2 Å². The lowest BCUT2D eigenvalue weighted by Crippen LogP contribution is -2.77. The van der Waals surface area contributed by atoms with E-state index in [-0.39, 0.29) is 30.4 Å². The van der Waals surface area contributed by atoms with E-state index in [0.29, 0.717) is 5.57 Å². The van der Waals surface area contributed by atoms with Crippen LogP contribution in [0.2, 0.25) is 0 Å². The number of carbonyl (C=O) groups is 4. The van der Waals surface area contributed by atoms with Crippen LogP contribution in [0.15, 0.2) is 41.6 Å². The third kappa shape index (κ3) is 3.79. The van der Waals surface area contributed by atoms with Crippen LogP contribution in [-0.2, 0) is 30.3 Å². The van der Waals surface area contributed by atoms with Gasteiger partial charge in [-0.2, -0.15) is 0 Å². The third-order valence-electron chi connectivity index (χ3n) is 4.28. The van der Waals surface area contributed by atoms with Crippen LogP contribution >= 0.6 is 27.7 Å². The van der Waals surface area contributed by atoms with E-state index in [1.807, 2.05) is 18.2 Å². The van der Waals surface area contributed by atoms with Gasteiger partial charge in [-0.15, -0.1) is 11.8 Å². The standard InChI is InChI=1S/C18H17BrN2O6S/c1-10(22)27-8-12-9-28-17-18(19,16(26)21(17)14(12)15(24)25)20-13(23)7-11-5-3-2-4-6-11/h2-6,17H,7-9H2,1H3,(H,20,23)(H,24,25)/t17-,18-/m1/s1. The summed E-state index contributed by atoms with van der Waals surface area (Å²) in [4.78, 5) is 49.0. The van der Waals surface area contributed by atoms with Crippen LogP contribution in [0.3, 0.4) is 0 Å². The maximum Gasteiger partial charge on any atom is 0.352 e. The normalized spacial score (nSPS) is 23.6. The SMILES string of the molecule is CC(=O)OCC1=C(C(=O)O)N2C(=O)[C@@](Br)(NC(=O)Cc3ccccc3)[C@H]2SC1. The molecule has 0 spiro atoms. The lowest BCUT2D eigenvalue weighted by atomic mass is 10.0. The Morgan fingerprint density at radius 3 is 2.64 bits per heavy atom. The van der Waals surface area contributed by atoms with E-state index >= 15 is 0 Å². The Morgan fingerprint density at radius 2 is 2.04 bits per heavy atom. The molecular weight excluding hydrogens is 452 g/mol. The van der Waals surface area contributed by atoms with Crippen molar-refractivity contribution in [1.82, 2.24) is 10.2 Å². The van der Waals surface area contributed by atoms with Gasteiger partial charge in [-0.05, 0) is 21.5 Å². The zero-order chi connectivity index (χ0) is 20.5. The number of carboxylic acids is 1. The van der Waals surface area contributed by atoms with Crippen molar-refractivity contribution in [2.75, 3.05) is 12.4 Å².